The molecular weight excluding hydrogens is 232 g/mol. The first-order valence-corrected chi connectivity index (χ1v) is 7.44. The second-order valence-corrected chi connectivity index (χ2v) is 7.00. The number of rotatable bonds is 4. The highest BCUT2D eigenvalue weighted by atomic mass is 15.1. The Hall–Kier alpha value is -0.860. The minimum atomic E-state index is 0.125. The molecule has 1 atom stereocenters. The summed E-state index contributed by atoms with van der Waals surface area (Å²) < 4.78 is 0. The van der Waals surface area contributed by atoms with Crippen molar-refractivity contribution in [1.82, 2.24) is 4.90 Å². The number of nitrogens with two attached hydrogens (primary N) is 1. The predicted octanol–water partition coefficient (Wildman–Crippen LogP) is 3.47. The Kier molecular flexibility index (Phi) is 4.32. The van der Waals surface area contributed by atoms with Crippen LogP contribution >= 0.6 is 0 Å². The topological polar surface area (TPSA) is 29.3 Å². The van der Waals surface area contributed by atoms with Crippen LogP contribution in [0, 0.1) is 0 Å². The Labute approximate surface area is 118 Å². The average Bonchev–Trinajstić information content (AvgIpc) is 2.25. The van der Waals surface area contributed by atoms with Crippen molar-refractivity contribution in [3.8, 4) is 0 Å². The van der Waals surface area contributed by atoms with Crippen LogP contribution in [-0.2, 0) is 5.41 Å². The minimum Gasteiger partial charge on any atom is -0.323 e. The largest absolute Gasteiger partial charge is 0.323 e. The summed E-state index contributed by atoms with van der Waals surface area (Å²) in [6.07, 6.45) is 4.06. The average molecular weight is 260 g/mol. The highest BCUT2D eigenvalue weighted by Crippen LogP contribution is 2.26. The van der Waals surface area contributed by atoms with Crippen molar-refractivity contribution in [2.24, 2.45) is 5.73 Å². The van der Waals surface area contributed by atoms with E-state index in [1.165, 1.54) is 30.4 Å². The van der Waals surface area contributed by atoms with Gasteiger partial charge in [-0.2, -0.15) is 0 Å². The Bertz CT molecular complexity index is 398. The molecule has 1 aliphatic carbocycles. The lowest BCUT2D eigenvalue weighted by molar-refractivity contribution is 0.152. The fraction of sp³-hybridized carbons (Fsp3) is 0.647. The van der Waals surface area contributed by atoms with Crippen LogP contribution < -0.4 is 5.73 Å². The smallest absolute Gasteiger partial charge is 0.0424 e. The summed E-state index contributed by atoms with van der Waals surface area (Å²) >= 11 is 0. The minimum absolute atomic E-state index is 0.125. The Morgan fingerprint density at radius 2 is 1.79 bits per heavy atom. The third kappa shape index (κ3) is 3.58. The number of benzene rings is 1. The van der Waals surface area contributed by atoms with Crippen molar-refractivity contribution >= 4 is 0 Å². The van der Waals surface area contributed by atoms with Crippen molar-refractivity contribution in [3.63, 3.8) is 0 Å². The molecule has 2 rings (SSSR count). The van der Waals surface area contributed by atoms with Gasteiger partial charge in [0.25, 0.3) is 0 Å². The lowest BCUT2D eigenvalue weighted by Gasteiger charge is -2.36. The maximum absolute atomic E-state index is 6.33. The number of hydrogen-bond acceptors (Lipinski definition) is 2. The van der Waals surface area contributed by atoms with Crippen LogP contribution in [0.15, 0.2) is 24.3 Å². The Balaban J connectivity index is 1.97. The fourth-order valence-corrected chi connectivity index (χ4v) is 2.62. The molecule has 2 nitrogen and oxygen atoms in total. The highest BCUT2D eigenvalue weighted by Gasteiger charge is 2.23. The fourth-order valence-electron chi connectivity index (χ4n) is 2.62. The monoisotopic (exact) mass is 260 g/mol. The normalized spacial score (nSPS) is 18.4. The highest BCUT2D eigenvalue weighted by molar-refractivity contribution is 5.29. The molecule has 0 saturated heterocycles. The van der Waals surface area contributed by atoms with Crippen molar-refractivity contribution in [2.45, 2.75) is 57.5 Å². The van der Waals surface area contributed by atoms with Gasteiger partial charge < -0.3 is 10.6 Å². The molecule has 1 fully saturated rings. The summed E-state index contributed by atoms with van der Waals surface area (Å²) in [4.78, 5) is 2.42. The zero-order valence-corrected chi connectivity index (χ0v) is 12.8. The molecule has 1 aliphatic rings. The van der Waals surface area contributed by atoms with E-state index >= 15 is 0 Å². The molecule has 1 aromatic rings. The SMILES string of the molecule is CN(CC(N)c1ccc(C(C)(C)C)cc1)C1CCC1. The number of likely N-dealkylation sites (N-methyl/N-ethyl adjacent to an activating group) is 1. The van der Waals surface area contributed by atoms with Crippen molar-refractivity contribution in [3.05, 3.63) is 35.4 Å². The van der Waals surface area contributed by atoms with E-state index < -0.39 is 0 Å². The first-order chi connectivity index (χ1) is 8.88. The van der Waals surface area contributed by atoms with E-state index in [1.807, 2.05) is 0 Å². The molecule has 0 heterocycles. The molecular formula is C17H28N2. The first-order valence-electron chi connectivity index (χ1n) is 7.44. The summed E-state index contributed by atoms with van der Waals surface area (Å²) in [6, 6.07) is 9.72. The molecule has 19 heavy (non-hydrogen) atoms. The van der Waals surface area contributed by atoms with Gasteiger partial charge in [-0.3, -0.25) is 0 Å². The molecule has 1 saturated carbocycles. The molecule has 1 aromatic carbocycles. The van der Waals surface area contributed by atoms with Crippen LogP contribution in [0.1, 0.15) is 57.2 Å². The molecule has 0 spiro atoms. The van der Waals surface area contributed by atoms with E-state index in [2.05, 4.69) is 57.0 Å². The van der Waals surface area contributed by atoms with Gasteiger partial charge in [-0.25, -0.2) is 0 Å². The molecule has 106 valence electrons. The third-order valence-electron chi connectivity index (χ3n) is 4.39. The molecule has 1 unspecified atom stereocenters. The van der Waals surface area contributed by atoms with Crippen LogP contribution in [0.5, 0.6) is 0 Å². The van der Waals surface area contributed by atoms with Crippen molar-refractivity contribution in [2.75, 3.05) is 13.6 Å². The molecule has 0 aromatic heterocycles. The van der Waals surface area contributed by atoms with E-state index in [0.717, 1.165) is 12.6 Å². The maximum Gasteiger partial charge on any atom is 0.0424 e. The van der Waals surface area contributed by atoms with Gasteiger partial charge in [0.05, 0.1) is 0 Å². The second-order valence-electron chi connectivity index (χ2n) is 7.00. The van der Waals surface area contributed by atoms with E-state index in [4.69, 9.17) is 5.73 Å². The second kappa shape index (κ2) is 5.64. The lowest BCUT2D eigenvalue weighted by Crippen LogP contribution is -2.41. The summed E-state index contributed by atoms with van der Waals surface area (Å²) in [5.74, 6) is 0. The number of nitrogens with zero attached hydrogens (tertiary/aromatic N) is 1. The van der Waals surface area contributed by atoms with Gasteiger partial charge in [0.1, 0.15) is 0 Å². The maximum atomic E-state index is 6.33. The summed E-state index contributed by atoms with van der Waals surface area (Å²) in [7, 11) is 2.20. The summed E-state index contributed by atoms with van der Waals surface area (Å²) in [5.41, 5.74) is 9.16. The molecule has 2 N–H and O–H groups in total. The zero-order valence-electron chi connectivity index (χ0n) is 12.8. The van der Waals surface area contributed by atoms with Crippen LogP contribution in [0.4, 0.5) is 0 Å². The Morgan fingerprint density at radius 1 is 1.21 bits per heavy atom. The third-order valence-corrected chi connectivity index (χ3v) is 4.39. The van der Waals surface area contributed by atoms with Gasteiger partial charge >= 0.3 is 0 Å². The molecule has 0 aliphatic heterocycles. The van der Waals surface area contributed by atoms with Crippen molar-refractivity contribution < 1.29 is 0 Å². The van der Waals surface area contributed by atoms with Crippen LogP contribution in [0.3, 0.4) is 0 Å². The van der Waals surface area contributed by atoms with E-state index in [1.54, 1.807) is 0 Å². The molecule has 0 radical (unpaired) electrons. The van der Waals surface area contributed by atoms with Gasteiger partial charge in [-0.05, 0) is 36.4 Å². The van der Waals surface area contributed by atoms with Crippen LogP contribution in [-0.4, -0.2) is 24.5 Å². The molecule has 0 bridgehead atoms. The van der Waals surface area contributed by atoms with E-state index in [0.29, 0.717) is 0 Å². The van der Waals surface area contributed by atoms with Crippen LogP contribution in [0.25, 0.3) is 0 Å². The van der Waals surface area contributed by atoms with Gasteiger partial charge in [-0.1, -0.05) is 51.5 Å². The standard InChI is InChI=1S/C17H28N2/c1-17(2,3)14-10-8-13(9-11-14)16(18)12-19(4)15-6-5-7-15/h8-11,15-16H,5-7,12,18H2,1-4H3. The first kappa shape index (κ1) is 14.5. The predicted molar refractivity (Wildman–Crippen MR) is 82.3 cm³/mol. The van der Waals surface area contributed by atoms with Crippen molar-refractivity contribution in [1.29, 1.82) is 0 Å². The zero-order chi connectivity index (χ0) is 14.0. The number of hydrogen-bond donors (Lipinski definition) is 1. The van der Waals surface area contributed by atoms with E-state index in [9.17, 15) is 0 Å². The van der Waals surface area contributed by atoms with Crippen LogP contribution in [0.2, 0.25) is 0 Å². The van der Waals surface area contributed by atoms with Gasteiger partial charge in [0.15, 0.2) is 0 Å². The lowest BCUT2D eigenvalue weighted by atomic mass is 9.86. The van der Waals surface area contributed by atoms with E-state index in [-0.39, 0.29) is 11.5 Å². The van der Waals surface area contributed by atoms with Gasteiger partial charge in [-0.15, -0.1) is 0 Å². The Morgan fingerprint density at radius 3 is 2.21 bits per heavy atom. The molecule has 2 heteroatoms. The quantitative estimate of drug-likeness (QED) is 0.898. The van der Waals surface area contributed by atoms with Gasteiger partial charge in [0, 0.05) is 18.6 Å². The summed E-state index contributed by atoms with van der Waals surface area (Å²) in [6.45, 7) is 7.68. The summed E-state index contributed by atoms with van der Waals surface area (Å²) in [5, 5.41) is 0. The molecule has 0 amide bonds. The van der Waals surface area contributed by atoms with Gasteiger partial charge in [0.2, 0.25) is 0 Å².